The molecule has 0 aliphatic rings. The van der Waals surface area contributed by atoms with Gasteiger partial charge in [0.05, 0.1) is 17.4 Å². The summed E-state index contributed by atoms with van der Waals surface area (Å²) in [5.74, 6) is 1.33. The molecule has 21 heavy (non-hydrogen) atoms. The van der Waals surface area contributed by atoms with E-state index in [4.69, 9.17) is 5.11 Å². The van der Waals surface area contributed by atoms with Crippen LogP contribution >= 0.6 is 0 Å². The number of nitrogens with zero attached hydrogens (tertiary/aromatic N) is 2. The Morgan fingerprint density at radius 3 is 2.38 bits per heavy atom. The van der Waals surface area contributed by atoms with Crippen molar-refractivity contribution < 1.29 is 27.5 Å². The van der Waals surface area contributed by atoms with Crippen LogP contribution in [0, 0.1) is 17.7 Å². The number of aromatic nitrogens is 2. The summed E-state index contributed by atoms with van der Waals surface area (Å²) in [4.78, 5) is 10.3. The minimum Gasteiger partial charge on any atom is -0.472 e. The Balaban J connectivity index is 2.61. The lowest BCUT2D eigenvalue weighted by molar-refractivity contribution is -0.143. The predicted octanol–water partition coefficient (Wildman–Crippen LogP) is 2.47. The average Bonchev–Trinajstić information content (AvgIpc) is 2.81. The maximum atomic E-state index is 13.1. The van der Waals surface area contributed by atoms with E-state index in [0.717, 1.165) is 30.5 Å². The van der Waals surface area contributed by atoms with E-state index < -0.39 is 29.2 Å². The first kappa shape index (κ1) is 14.6. The van der Waals surface area contributed by atoms with E-state index in [-0.39, 0.29) is 5.69 Å². The highest BCUT2D eigenvalue weighted by molar-refractivity contribution is 5.87. The summed E-state index contributed by atoms with van der Waals surface area (Å²) < 4.78 is 52.6. The molecule has 108 valence electrons. The highest BCUT2D eigenvalue weighted by Crippen LogP contribution is 2.33. The van der Waals surface area contributed by atoms with Crippen molar-refractivity contribution in [2.45, 2.75) is 6.18 Å². The van der Waals surface area contributed by atoms with Crippen LogP contribution in [0.4, 0.5) is 17.6 Å². The van der Waals surface area contributed by atoms with E-state index >= 15 is 0 Å². The zero-order valence-corrected chi connectivity index (χ0v) is 10.1. The first-order valence-corrected chi connectivity index (χ1v) is 5.45. The summed E-state index contributed by atoms with van der Waals surface area (Å²) in [6, 6.07) is 4.21. The van der Waals surface area contributed by atoms with Gasteiger partial charge in [-0.25, -0.2) is 13.9 Å². The summed E-state index contributed by atoms with van der Waals surface area (Å²) in [7, 11) is 0. The van der Waals surface area contributed by atoms with E-state index in [2.05, 4.69) is 5.10 Å². The van der Waals surface area contributed by atoms with Crippen LogP contribution in [0.1, 0.15) is 11.3 Å². The van der Waals surface area contributed by atoms with Gasteiger partial charge in [-0.3, -0.25) is 0 Å². The molecule has 1 aromatic carbocycles. The number of benzene rings is 1. The van der Waals surface area contributed by atoms with Crippen molar-refractivity contribution >= 4 is 5.97 Å². The average molecular weight is 298 g/mol. The first-order chi connectivity index (χ1) is 9.79. The molecule has 0 bridgehead atoms. The molecule has 1 aromatic heterocycles. The molecule has 0 spiro atoms. The van der Waals surface area contributed by atoms with Gasteiger partial charge in [-0.15, -0.1) is 0 Å². The Morgan fingerprint density at radius 1 is 1.24 bits per heavy atom. The minimum atomic E-state index is -4.80. The van der Waals surface area contributed by atoms with Gasteiger partial charge in [-0.05, 0) is 24.3 Å². The summed E-state index contributed by atoms with van der Waals surface area (Å²) in [6.07, 6.45) is -3.99. The van der Waals surface area contributed by atoms with Gasteiger partial charge < -0.3 is 5.11 Å². The molecule has 2 rings (SSSR count). The smallest absolute Gasteiger partial charge is 0.434 e. The number of hydrogen-bond acceptors (Lipinski definition) is 2. The van der Waals surface area contributed by atoms with E-state index in [0.29, 0.717) is 4.68 Å². The fraction of sp³-hybridized carbons (Fsp3) is 0.0769. The van der Waals surface area contributed by atoms with Crippen LogP contribution in [-0.4, -0.2) is 20.9 Å². The first-order valence-electron chi connectivity index (χ1n) is 5.45. The van der Waals surface area contributed by atoms with Gasteiger partial charge in [-0.2, -0.15) is 18.3 Å². The Labute approximate surface area is 115 Å². The lowest BCUT2D eigenvalue weighted by Crippen LogP contribution is -2.15. The van der Waals surface area contributed by atoms with Crippen LogP contribution in [0.3, 0.4) is 0 Å². The van der Waals surface area contributed by atoms with Crippen LogP contribution in [0.5, 0.6) is 0 Å². The van der Waals surface area contributed by atoms with E-state index in [1.54, 1.807) is 5.92 Å². The fourth-order valence-corrected chi connectivity index (χ4v) is 1.61. The van der Waals surface area contributed by atoms with Gasteiger partial charge in [-0.1, -0.05) is 5.92 Å². The SMILES string of the molecule is O=C(O)C#Cc1cnn(-c2ccc(F)cc2)c1C(F)(F)F. The predicted molar refractivity (Wildman–Crippen MR) is 63.0 cm³/mol. The van der Waals surface area contributed by atoms with E-state index in [9.17, 15) is 22.4 Å². The molecule has 0 atom stereocenters. The van der Waals surface area contributed by atoms with E-state index in [1.807, 2.05) is 5.92 Å². The van der Waals surface area contributed by atoms with Crippen molar-refractivity contribution in [2.24, 2.45) is 0 Å². The molecule has 1 heterocycles. The topological polar surface area (TPSA) is 55.1 Å². The Morgan fingerprint density at radius 2 is 1.86 bits per heavy atom. The number of rotatable bonds is 1. The Kier molecular flexibility index (Phi) is 3.67. The molecule has 0 aliphatic carbocycles. The standard InChI is InChI=1S/C13H6F4N2O2/c14-9-2-4-10(5-3-9)19-12(13(15,16)17)8(7-18-19)1-6-11(20)21/h2-5,7H,(H,20,21). The second-order valence-electron chi connectivity index (χ2n) is 3.85. The van der Waals surface area contributed by atoms with Crippen molar-refractivity contribution in [1.82, 2.24) is 9.78 Å². The summed E-state index contributed by atoms with van der Waals surface area (Å²) in [5.41, 5.74) is -1.82. The zero-order valence-electron chi connectivity index (χ0n) is 10.1. The molecule has 0 unspecified atom stereocenters. The van der Waals surface area contributed by atoms with Crippen molar-refractivity contribution in [2.75, 3.05) is 0 Å². The number of halogens is 4. The maximum absolute atomic E-state index is 13.1. The monoisotopic (exact) mass is 298 g/mol. The molecule has 0 fully saturated rings. The Hall–Kier alpha value is -2.82. The third-order valence-corrected chi connectivity index (χ3v) is 2.41. The molecule has 8 heteroatoms. The molecule has 0 radical (unpaired) electrons. The van der Waals surface area contributed by atoms with Gasteiger partial charge in [0.2, 0.25) is 0 Å². The fourth-order valence-electron chi connectivity index (χ4n) is 1.61. The molecule has 2 aromatic rings. The van der Waals surface area contributed by atoms with Crippen LogP contribution in [0.2, 0.25) is 0 Å². The second kappa shape index (κ2) is 5.28. The van der Waals surface area contributed by atoms with Gasteiger partial charge in [0.25, 0.3) is 0 Å². The second-order valence-corrected chi connectivity index (χ2v) is 3.85. The summed E-state index contributed by atoms with van der Waals surface area (Å²) in [6.45, 7) is 0. The Bertz CT molecular complexity index is 736. The number of carbonyl (C=O) groups is 1. The highest BCUT2D eigenvalue weighted by atomic mass is 19.4. The van der Waals surface area contributed by atoms with Crippen LogP contribution < -0.4 is 0 Å². The molecule has 4 nitrogen and oxygen atoms in total. The van der Waals surface area contributed by atoms with E-state index in [1.165, 1.54) is 0 Å². The van der Waals surface area contributed by atoms with Gasteiger partial charge in [0.15, 0.2) is 5.69 Å². The highest BCUT2D eigenvalue weighted by Gasteiger charge is 2.38. The maximum Gasteiger partial charge on any atom is 0.434 e. The number of hydrogen-bond donors (Lipinski definition) is 1. The van der Waals surface area contributed by atoms with Crippen LogP contribution in [0.15, 0.2) is 30.5 Å². The zero-order chi connectivity index (χ0) is 15.6. The number of aliphatic carboxylic acids is 1. The third kappa shape index (κ3) is 3.20. The van der Waals surface area contributed by atoms with Crippen molar-refractivity contribution in [3.05, 3.63) is 47.5 Å². The van der Waals surface area contributed by atoms with Gasteiger partial charge in [0.1, 0.15) is 5.82 Å². The third-order valence-electron chi connectivity index (χ3n) is 2.41. The molecular weight excluding hydrogens is 292 g/mol. The van der Waals surface area contributed by atoms with Gasteiger partial charge >= 0.3 is 12.1 Å². The normalized spacial score (nSPS) is 10.9. The molecule has 0 saturated heterocycles. The quantitative estimate of drug-likeness (QED) is 0.650. The summed E-state index contributed by atoms with van der Waals surface area (Å²) in [5, 5.41) is 11.9. The molecule has 0 aliphatic heterocycles. The molecule has 0 saturated carbocycles. The molecule has 1 N–H and O–H groups in total. The van der Waals surface area contributed by atoms with Crippen molar-refractivity contribution in [1.29, 1.82) is 0 Å². The minimum absolute atomic E-state index is 0.0212. The number of carboxylic acid groups (broad SMARTS) is 1. The van der Waals surface area contributed by atoms with Crippen molar-refractivity contribution in [3.63, 3.8) is 0 Å². The largest absolute Gasteiger partial charge is 0.472 e. The molecular formula is C13H6F4N2O2. The lowest BCUT2D eigenvalue weighted by Gasteiger charge is -2.11. The van der Waals surface area contributed by atoms with Crippen LogP contribution in [-0.2, 0) is 11.0 Å². The van der Waals surface area contributed by atoms with Crippen molar-refractivity contribution in [3.8, 4) is 17.5 Å². The van der Waals surface area contributed by atoms with Gasteiger partial charge in [0, 0.05) is 5.92 Å². The van der Waals surface area contributed by atoms with Crippen LogP contribution in [0.25, 0.3) is 5.69 Å². The number of alkyl halides is 3. The molecule has 0 amide bonds. The lowest BCUT2D eigenvalue weighted by atomic mass is 10.2. The number of carboxylic acids is 1. The summed E-state index contributed by atoms with van der Waals surface area (Å²) >= 11 is 0.